The van der Waals surface area contributed by atoms with Gasteiger partial charge in [0.15, 0.2) is 17.3 Å². The summed E-state index contributed by atoms with van der Waals surface area (Å²) in [5.41, 5.74) is 3.16. The number of halogens is 3. The average Bonchev–Trinajstić information content (AvgIpc) is 3.41. The van der Waals surface area contributed by atoms with Crippen molar-refractivity contribution in [1.82, 2.24) is 29.7 Å². The molecular weight excluding hydrogens is 447 g/mol. The first-order valence-electron chi connectivity index (χ1n) is 10.8. The molecule has 34 heavy (non-hydrogen) atoms. The molecule has 0 bridgehead atoms. The lowest BCUT2D eigenvalue weighted by Crippen LogP contribution is -2.35. The summed E-state index contributed by atoms with van der Waals surface area (Å²) >= 11 is 0. The average molecular weight is 469 g/mol. The summed E-state index contributed by atoms with van der Waals surface area (Å²) in [6.45, 7) is 6.28. The Morgan fingerprint density at radius 3 is 2.65 bits per heavy atom. The number of hydrogen-bond donors (Lipinski definition) is 1. The molecule has 0 amide bonds. The third kappa shape index (κ3) is 3.80. The van der Waals surface area contributed by atoms with Crippen molar-refractivity contribution in [2.45, 2.75) is 40.0 Å². The molecule has 0 spiro atoms. The summed E-state index contributed by atoms with van der Waals surface area (Å²) < 4.78 is 40.5. The molecule has 4 aromatic rings. The molecule has 0 saturated carbocycles. The highest BCUT2D eigenvalue weighted by atomic mass is 19.4. The zero-order chi connectivity index (χ0) is 24.3. The second-order valence-electron chi connectivity index (χ2n) is 9.30. The second kappa shape index (κ2) is 7.64. The van der Waals surface area contributed by atoms with Crippen LogP contribution in [0.5, 0.6) is 0 Å². The Hall–Kier alpha value is -3.76. The van der Waals surface area contributed by atoms with E-state index < -0.39 is 17.4 Å². The topological polar surface area (TPSA) is 92.6 Å². The number of fused-ring (bicyclic) bond motifs is 2. The van der Waals surface area contributed by atoms with Crippen molar-refractivity contribution >= 4 is 22.6 Å². The Kier molecular flexibility index (Phi) is 4.96. The van der Waals surface area contributed by atoms with E-state index in [4.69, 9.17) is 4.98 Å². The van der Waals surface area contributed by atoms with Crippen molar-refractivity contribution in [2.24, 2.45) is 5.41 Å². The summed E-state index contributed by atoms with van der Waals surface area (Å²) in [7, 11) is 0. The van der Waals surface area contributed by atoms with Gasteiger partial charge in [0.05, 0.1) is 24.0 Å². The molecular formula is C23H22F3N7O. The number of hydrogen-bond acceptors (Lipinski definition) is 6. The molecule has 3 aromatic heterocycles. The molecule has 1 aliphatic rings. The Balaban J connectivity index is 1.46. The van der Waals surface area contributed by atoms with Crippen LogP contribution in [0.4, 0.5) is 18.9 Å². The molecule has 1 aromatic carbocycles. The van der Waals surface area contributed by atoms with E-state index in [9.17, 15) is 18.0 Å². The van der Waals surface area contributed by atoms with Gasteiger partial charge in [-0.05, 0) is 12.1 Å². The van der Waals surface area contributed by atoms with Gasteiger partial charge in [-0.1, -0.05) is 32.9 Å². The fourth-order valence-corrected chi connectivity index (χ4v) is 4.06. The first kappa shape index (κ1) is 22.1. The van der Waals surface area contributed by atoms with Crippen LogP contribution in [0.15, 0.2) is 36.7 Å². The number of carbonyl (C=O) groups is 1. The number of Topliss-reactive ketones (excluding diaryl/α,β-unsaturated/α-hetero) is 1. The monoisotopic (exact) mass is 469 g/mol. The van der Waals surface area contributed by atoms with Crippen molar-refractivity contribution in [3.8, 4) is 11.3 Å². The summed E-state index contributed by atoms with van der Waals surface area (Å²) in [5, 5.41) is 7.09. The number of rotatable bonds is 3. The number of aromatic nitrogens is 6. The van der Waals surface area contributed by atoms with Gasteiger partial charge in [0, 0.05) is 36.0 Å². The zero-order valence-corrected chi connectivity index (χ0v) is 18.8. The van der Waals surface area contributed by atoms with Crippen LogP contribution in [0, 0.1) is 5.41 Å². The van der Waals surface area contributed by atoms with Gasteiger partial charge in [-0.2, -0.15) is 13.2 Å². The summed E-state index contributed by atoms with van der Waals surface area (Å²) in [4.78, 5) is 26.9. The largest absolute Gasteiger partial charge is 0.451 e. The van der Waals surface area contributed by atoms with Crippen LogP contribution in [-0.4, -0.2) is 42.0 Å². The van der Waals surface area contributed by atoms with Crippen molar-refractivity contribution in [1.29, 1.82) is 0 Å². The molecule has 4 heterocycles. The van der Waals surface area contributed by atoms with E-state index in [0.29, 0.717) is 29.0 Å². The van der Waals surface area contributed by atoms with Crippen LogP contribution in [0.1, 0.15) is 42.8 Å². The summed E-state index contributed by atoms with van der Waals surface area (Å²) in [6, 6.07) is 7.53. The van der Waals surface area contributed by atoms with E-state index in [2.05, 4.69) is 20.2 Å². The number of nitrogens with zero attached hydrogens (tertiary/aromatic N) is 6. The van der Waals surface area contributed by atoms with E-state index >= 15 is 0 Å². The highest BCUT2D eigenvalue weighted by Crippen LogP contribution is 2.32. The maximum Gasteiger partial charge on any atom is 0.451 e. The van der Waals surface area contributed by atoms with Gasteiger partial charge in [0.2, 0.25) is 5.82 Å². The smallest absolute Gasteiger partial charge is 0.362 e. The summed E-state index contributed by atoms with van der Waals surface area (Å²) in [6.07, 6.45) is -1.26. The van der Waals surface area contributed by atoms with Gasteiger partial charge in [-0.15, -0.1) is 10.2 Å². The molecule has 1 N–H and O–H groups in total. The van der Waals surface area contributed by atoms with Gasteiger partial charge >= 0.3 is 6.18 Å². The third-order valence-corrected chi connectivity index (χ3v) is 5.82. The van der Waals surface area contributed by atoms with Crippen LogP contribution < -0.4 is 4.90 Å². The van der Waals surface area contributed by atoms with Gasteiger partial charge in [0.1, 0.15) is 5.52 Å². The fraction of sp³-hybridized carbons (Fsp3) is 0.348. The molecule has 0 atom stereocenters. The molecule has 8 nitrogen and oxygen atoms in total. The van der Waals surface area contributed by atoms with E-state index in [1.807, 2.05) is 49.9 Å². The van der Waals surface area contributed by atoms with E-state index in [1.165, 1.54) is 0 Å². The number of carbonyl (C=O) groups excluding carboxylic acids is 1. The molecule has 0 radical (unpaired) electrons. The van der Waals surface area contributed by atoms with Crippen molar-refractivity contribution in [3.05, 3.63) is 53.9 Å². The molecule has 0 fully saturated rings. The molecule has 0 aliphatic carbocycles. The molecule has 1 aliphatic heterocycles. The first-order valence-corrected chi connectivity index (χ1v) is 10.8. The fourth-order valence-electron chi connectivity index (χ4n) is 4.06. The Bertz CT molecular complexity index is 1400. The molecule has 5 rings (SSSR count). The Morgan fingerprint density at radius 2 is 1.91 bits per heavy atom. The van der Waals surface area contributed by atoms with Crippen molar-refractivity contribution in [2.75, 3.05) is 11.4 Å². The molecule has 176 valence electrons. The minimum atomic E-state index is -4.53. The molecule has 0 unspecified atom stereocenters. The quantitative estimate of drug-likeness (QED) is 0.445. The van der Waals surface area contributed by atoms with Crippen molar-refractivity contribution in [3.63, 3.8) is 0 Å². The highest BCUT2D eigenvalue weighted by Gasteiger charge is 2.39. The van der Waals surface area contributed by atoms with Crippen LogP contribution >= 0.6 is 0 Å². The van der Waals surface area contributed by atoms with Crippen LogP contribution in [-0.2, 0) is 19.3 Å². The van der Waals surface area contributed by atoms with Crippen LogP contribution in [0.25, 0.3) is 22.4 Å². The van der Waals surface area contributed by atoms with E-state index in [0.717, 1.165) is 15.8 Å². The first-order chi connectivity index (χ1) is 16.0. The Morgan fingerprint density at radius 1 is 1.12 bits per heavy atom. The lowest BCUT2D eigenvalue weighted by atomic mass is 9.87. The lowest BCUT2D eigenvalue weighted by molar-refractivity contribution is -0.147. The molecule has 11 heteroatoms. The number of H-pyrrole nitrogens is 1. The third-order valence-electron chi connectivity index (χ3n) is 5.82. The Labute approximate surface area is 192 Å². The van der Waals surface area contributed by atoms with Crippen LogP contribution in [0.2, 0.25) is 0 Å². The van der Waals surface area contributed by atoms with E-state index in [1.54, 1.807) is 12.4 Å². The standard InChI is InChI=1S/C23H22F3N7O/c1-22(2,3)19(34)15-10-27-20-18(15)29-16(11-28-20)13-5-4-6-14(9-13)32-7-8-33-17(12-32)30-31-21(33)23(24,25)26/h4-6,9-11H,7-8,12H2,1-3H3,(H,27,28). The second-order valence-corrected chi connectivity index (χ2v) is 9.30. The van der Waals surface area contributed by atoms with E-state index in [-0.39, 0.29) is 24.7 Å². The number of ketones is 1. The van der Waals surface area contributed by atoms with Gasteiger partial charge in [-0.3, -0.25) is 4.79 Å². The number of anilines is 1. The number of nitrogens with one attached hydrogen (secondary N) is 1. The molecule has 0 saturated heterocycles. The normalized spacial score (nSPS) is 14.5. The maximum atomic E-state index is 13.1. The number of alkyl halides is 3. The van der Waals surface area contributed by atoms with Gasteiger partial charge in [-0.25, -0.2) is 9.97 Å². The van der Waals surface area contributed by atoms with Gasteiger partial charge in [0.25, 0.3) is 0 Å². The van der Waals surface area contributed by atoms with Gasteiger partial charge < -0.3 is 14.5 Å². The minimum Gasteiger partial charge on any atom is -0.362 e. The highest BCUT2D eigenvalue weighted by molar-refractivity contribution is 6.08. The predicted molar refractivity (Wildman–Crippen MR) is 119 cm³/mol. The maximum absolute atomic E-state index is 13.1. The minimum absolute atomic E-state index is 0.0328. The SMILES string of the molecule is CC(C)(C)C(=O)c1c[nH]c2ncc(-c3cccc(N4CCn5c(nnc5C(F)(F)F)C4)c3)nc12. The predicted octanol–water partition coefficient (Wildman–Crippen LogP) is 4.48. The zero-order valence-electron chi connectivity index (χ0n) is 18.8. The lowest BCUT2D eigenvalue weighted by Gasteiger charge is -2.30. The number of benzene rings is 1. The number of aromatic amines is 1. The summed E-state index contributed by atoms with van der Waals surface area (Å²) in [5.74, 6) is -0.732. The van der Waals surface area contributed by atoms with Crippen molar-refractivity contribution < 1.29 is 18.0 Å². The van der Waals surface area contributed by atoms with Crippen LogP contribution in [0.3, 0.4) is 0 Å².